The van der Waals surface area contributed by atoms with E-state index >= 15 is 0 Å². The van der Waals surface area contributed by atoms with Crippen LogP contribution in [0.15, 0.2) is 28.8 Å². The van der Waals surface area contributed by atoms with Crippen molar-refractivity contribution in [2.75, 3.05) is 6.61 Å². The highest BCUT2D eigenvalue weighted by atomic mass is 16.5. The molecule has 0 aliphatic rings. The van der Waals surface area contributed by atoms with Gasteiger partial charge in [-0.25, -0.2) is 0 Å². The van der Waals surface area contributed by atoms with Crippen molar-refractivity contribution in [3.05, 3.63) is 41.5 Å². The van der Waals surface area contributed by atoms with E-state index in [1.807, 2.05) is 24.3 Å². The lowest BCUT2D eigenvalue weighted by Gasteiger charge is -2.04. The van der Waals surface area contributed by atoms with Gasteiger partial charge in [0.25, 0.3) is 5.89 Å². The van der Waals surface area contributed by atoms with Crippen LogP contribution in [0.25, 0.3) is 0 Å². The summed E-state index contributed by atoms with van der Waals surface area (Å²) in [5.41, 5.74) is 1.08. The molecular formula is C14H18N2O3. The number of benzene rings is 1. The second kappa shape index (κ2) is 6.89. The summed E-state index contributed by atoms with van der Waals surface area (Å²) < 4.78 is 10.6. The Morgan fingerprint density at radius 1 is 1.21 bits per heavy atom. The number of aliphatic hydroxyl groups is 1. The second-order valence-electron chi connectivity index (χ2n) is 4.26. The Labute approximate surface area is 112 Å². The molecule has 0 atom stereocenters. The van der Waals surface area contributed by atoms with Crippen LogP contribution in [0.4, 0.5) is 0 Å². The van der Waals surface area contributed by atoms with Crippen LogP contribution in [0.2, 0.25) is 0 Å². The number of ether oxygens (including phenoxy) is 1. The van der Waals surface area contributed by atoms with Crippen LogP contribution in [-0.2, 0) is 19.4 Å². The van der Waals surface area contributed by atoms with Gasteiger partial charge in [-0.2, -0.15) is 4.98 Å². The first-order valence-electron chi connectivity index (χ1n) is 6.46. The molecule has 102 valence electrons. The predicted octanol–water partition coefficient (Wildman–Crippen LogP) is 2.14. The Bertz CT molecular complexity index is 494. The van der Waals surface area contributed by atoms with Gasteiger partial charge in [0.15, 0.2) is 12.4 Å². The molecule has 2 aromatic rings. The summed E-state index contributed by atoms with van der Waals surface area (Å²) in [6, 6.07) is 7.60. The standard InChI is InChI=1S/C14H18N2O3/c1-2-3-13-15-14(19-16-13)10-18-12-6-4-11(5-7-12)8-9-17/h4-7,17H,2-3,8-10H2,1H3. The van der Waals surface area contributed by atoms with Crippen molar-refractivity contribution >= 4 is 0 Å². The van der Waals surface area contributed by atoms with Gasteiger partial charge in [-0.1, -0.05) is 24.2 Å². The molecule has 19 heavy (non-hydrogen) atoms. The Morgan fingerprint density at radius 3 is 2.68 bits per heavy atom. The van der Waals surface area contributed by atoms with Crippen LogP contribution in [0.3, 0.4) is 0 Å². The fourth-order valence-corrected chi connectivity index (χ4v) is 1.70. The number of aryl methyl sites for hydroxylation is 1. The first-order chi connectivity index (χ1) is 9.31. The number of aromatic nitrogens is 2. The molecule has 0 spiro atoms. The molecule has 0 radical (unpaired) electrons. The Morgan fingerprint density at radius 2 is 2.00 bits per heavy atom. The van der Waals surface area contributed by atoms with Gasteiger partial charge >= 0.3 is 0 Å². The molecule has 0 saturated heterocycles. The minimum Gasteiger partial charge on any atom is -0.484 e. The number of rotatable bonds is 7. The van der Waals surface area contributed by atoms with E-state index in [0.29, 0.717) is 12.3 Å². The zero-order chi connectivity index (χ0) is 13.5. The molecule has 0 aliphatic heterocycles. The highest BCUT2D eigenvalue weighted by Gasteiger charge is 2.06. The third kappa shape index (κ3) is 4.06. The number of nitrogens with zero attached hydrogens (tertiary/aromatic N) is 2. The largest absolute Gasteiger partial charge is 0.484 e. The summed E-state index contributed by atoms with van der Waals surface area (Å²) in [6.45, 7) is 2.50. The van der Waals surface area contributed by atoms with Crippen molar-refractivity contribution in [2.24, 2.45) is 0 Å². The van der Waals surface area contributed by atoms with Crippen LogP contribution >= 0.6 is 0 Å². The lowest BCUT2D eigenvalue weighted by atomic mass is 10.1. The zero-order valence-electron chi connectivity index (χ0n) is 11.0. The van der Waals surface area contributed by atoms with Gasteiger partial charge < -0.3 is 14.4 Å². The molecule has 2 rings (SSSR count). The van der Waals surface area contributed by atoms with Gasteiger partial charge in [0.2, 0.25) is 0 Å². The lowest BCUT2D eigenvalue weighted by Crippen LogP contribution is -1.97. The van der Waals surface area contributed by atoms with E-state index in [-0.39, 0.29) is 13.2 Å². The van der Waals surface area contributed by atoms with Crippen molar-refractivity contribution in [3.63, 3.8) is 0 Å². The fourth-order valence-electron chi connectivity index (χ4n) is 1.70. The maximum absolute atomic E-state index is 8.83. The molecular weight excluding hydrogens is 244 g/mol. The smallest absolute Gasteiger partial charge is 0.264 e. The fraction of sp³-hybridized carbons (Fsp3) is 0.429. The first kappa shape index (κ1) is 13.5. The maximum atomic E-state index is 8.83. The summed E-state index contributed by atoms with van der Waals surface area (Å²) in [7, 11) is 0. The highest BCUT2D eigenvalue weighted by molar-refractivity contribution is 5.27. The number of aliphatic hydroxyl groups excluding tert-OH is 1. The highest BCUT2D eigenvalue weighted by Crippen LogP contribution is 2.14. The Balaban J connectivity index is 1.86. The van der Waals surface area contributed by atoms with Crippen LogP contribution in [0.1, 0.15) is 30.6 Å². The van der Waals surface area contributed by atoms with Crippen molar-refractivity contribution in [2.45, 2.75) is 32.8 Å². The minimum atomic E-state index is 0.155. The molecule has 0 saturated carbocycles. The third-order valence-electron chi connectivity index (χ3n) is 2.67. The Kier molecular flexibility index (Phi) is 4.92. The first-order valence-corrected chi connectivity index (χ1v) is 6.46. The number of hydrogen-bond acceptors (Lipinski definition) is 5. The zero-order valence-corrected chi connectivity index (χ0v) is 11.0. The van der Waals surface area contributed by atoms with Crippen LogP contribution in [0, 0.1) is 0 Å². The van der Waals surface area contributed by atoms with E-state index in [1.165, 1.54) is 0 Å². The molecule has 1 aromatic carbocycles. The van der Waals surface area contributed by atoms with Crippen molar-refractivity contribution in [1.29, 1.82) is 0 Å². The van der Waals surface area contributed by atoms with Crippen LogP contribution < -0.4 is 4.74 Å². The molecule has 1 aromatic heterocycles. The van der Waals surface area contributed by atoms with Gasteiger partial charge in [0.05, 0.1) is 0 Å². The van der Waals surface area contributed by atoms with E-state index in [1.54, 1.807) is 0 Å². The maximum Gasteiger partial charge on any atom is 0.264 e. The molecule has 5 heteroatoms. The van der Waals surface area contributed by atoms with Gasteiger partial charge in [0, 0.05) is 13.0 Å². The average molecular weight is 262 g/mol. The lowest BCUT2D eigenvalue weighted by molar-refractivity contribution is 0.242. The van der Waals surface area contributed by atoms with Crippen molar-refractivity contribution in [3.8, 4) is 5.75 Å². The van der Waals surface area contributed by atoms with Crippen molar-refractivity contribution in [1.82, 2.24) is 10.1 Å². The van der Waals surface area contributed by atoms with Gasteiger partial charge in [-0.3, -0.25) is 0 Å². The Hall–Kier alpha value is -1.88. The quantitative estimate of drug-likeness (QED) is 0.828. The topological polar surface area (TPSA) is 68.4 Å². The van der Waals surface area contributed by atoms with Gasteiger partial charge in [-0.05, 0) is 30.5 Å². The normalized spacial score (nSPS) is 10.6. The third-order valence-corrected chi connectivity index (χ3v) is 2.67. The van der Waals surface area contributed by atoms with Crippen LogP contribution in [0.5, 0.6) is 5.75 Å². The van der Waals surface area contributed by atoms with E-state index in [2.05, 4.69) is 17.1 Å². The van der Waals surface area contributed by atoms with E-state index < -0.39 is 0 Å². The SMILES string of the molecule is CCCc1noc(COc2ccc(CCO)cc2)n1. The monoisotopic (exact) mass is 262 g/mol. The molecule has 0 fully saturated rings. The van der Waals surface area contributed by atoms with Gasteiger partial charge in [0.1, 0.15) is 5.75 Å². The average Bonchev–Trinajstić information content (AvgIpc) is 2.87. The van der Waals surface area contributed by atoms with E-state index in [9.17, 15) is 0 Å². The summed E-state index contributed by atoms with van der Waals surface area (Å²) in [6.07, 6.45) is 2.47. The molecule has 0 unspecified atom stereocenters. The van der Waals surface area contributed by atoms with Gasteiger partial charge in [-0.15, -0.1) is 0 Å². The summed E-state index contributed by atoms with van der Waals surface area (Å²) in [5, 5.41) is 12.7. The van der Waals surface area contributed by atoms with E-state index in [4.69, 9.17) is 14.4 Å². The summed E-state index contributed by atoms with van der Waals surface area (Å²) in [4.78, 5) is 4.23. The minimum absolute atomic E-state index is 0.155. The summed E-state index contributed by atoms with van der Waals surface area (Å²) >= 11 is 0. The molecule has 0 aliphatic carbocycles. The van der Waals surface area contributed by atoms with Crippen LogP contribution in [-0.4, -0.2) is 21.9 Å². The molecule has 5 nitrogen and oxygen atoms in total. The summed E-state index contributed by atoms with van der Waals surface area (Å²) in [5.74, 6) is 1.96. The molecule has 1 N–H and O–H groups in total. The molecule has 1 heterocycles. The predicted molar refractivity (Wildman–Crippen MR) is 69.9 cm³/mol. The molecule has 0 amide bonds. The number of hydrogen-bond donors (Lipinski definition) is 1. The van der Waals surface area contributed by atoms with Crippen molar-refractivity contribution < 1.29 is 14.4 Å². The molecule has 0 bridgehead atoms. The second-order valence-corrected chi connectivity index (χ2v) is 4.26. The van der Waals surface area contributed by atoms with E-state index in [0.717, 1.165) is 30.0 Å².